The second kappa shape index (κ2) is 9.41. The van der Waals surface area contributed by atoms with Gasteiger partial charge in [0.15, 0.2) is 6.61 Å². The summed E-state index contributed by atoms with van der Waals surface area (Å²) in [5.74, 6) is -2.89. The molecule has 1 amide bonds. The number of sulfonamides is 1. The van der Waals surface area contributed by atoms with E-state index >= 15 is 0 Å². The number of nitro groups is 1. The second-order valence-corrected chi connectivity index (χ2v) is 8.25. The topological polar surface area (TPSA) is 136 Å². The maximum atomic E-state index is 13.3. The number of hydrogen-bond acceptors (Lipinski definition) is 7. The zero-order valence-electron chi connectivity index (χ0n) is 16.0. The molecule has 0 saturated carbocycles. The third kappa shape index (κ3) is 5.81. The van der Waals surface area contributed by atoms with Gasteiger partial charge in [-0.2, -0.15) is 8.70 Å². The van der Waals surface area contributed by atoms with Crippen LogP contribution in [0.5, 0.6) is 0 Å². The van der Waals surface area contributed by atoms with Crippen molar-refractivity contribution in [3.05, 3.63) is 64.0 Å². The van der Waals surface area contributed by atoms with Gasteiger partial charge in [-0.3, -0.25) is 19.7 Å². The van der Waals surface area contributed by atoms with Gasteiger partial charge in [0.25, 0.3) is 5.91 Å². The Morgan fingerprint density at radius 1 is 1.20 bits per heavy atom. The molecule has 12 heteroatoms. The van der Waals surface area contributed by atoms with Gasteiger partial charge < -0.3 is 10.1 Å². The van der Waals surface area contributed by atoms with E-state index in [1.54, 1.807) is 19.1 Å². The van der Waals surface area contributed by atoms with Crippen molar-refractivity contribution in [3.8, 4) is 0 Å². The van der Waals surface area contributed by atoms with E-state index in [1.165, 1.54) is 19.2 Å². The van der Waals surface area contributed by atoms with Gasteiger partial charge in [-0.25, -0.2) is 8.42 Å². The van der Waals surface area contributed by atoms with Crippen LogP contribution in [-0.2, 0) is 24.3 Å². The Hall–Kier alpha value is -3.38. The minimum Gasteiger partial charge on any atom is -0.455 e. The number of nitro benzene ring substituents is 1. The van der Waals surface area contributed by atoms with Gasteiger partial charge in [0.05, 0.1) is 9.82 Å². The van der Waals surface area contributed by atoms with Crippen LogP contribution in [0.25, 0.3) is 0 Å². The molecule has 0 aliphatic carbocycles. The highest BCUT2D eigenvalue weighted by molar-refractivity contribution is 7.89. The number of nitrogens with zero attached hydrogens (tertiary/aromatic N) is 2. The molecule has 10 nitrogen and oxygen atoms in total. The highest BCUT2D eigenvalue weighted by atomic mass is 32.2. The number of esters is 1. The Labute approximate surface area is 171 Å². The summed E-state index contributed by atoms with van der Waals surface area (Å²) in [5, 5.41) is 12.9. The summed E-state index contributed by atoms with van der Waals surface area (Å²) in [4.78, 5) is 33.5. The number of ether oxygens (including phenoxy) is 1. The number of halogens is 1. The summed E-state index contributed by atoms with van der Waals surface area (Å²) in [6, 6.07) is 8.77. The molecule has 1 N–H and O–H groups in total. The zero-order valence-corrected chi connectivity index (χ0v) is 16.8. The average Bonchev–Trinajstić information content (AvgIpc) is 2.68. The van der Waals surface area contributed by atoms with Crippen molar-refractivity contribution in [2.24, 2.45) is 0 Å². The van der Waals surface area contributed by atoms with Crippen molar-refractivity contribution in [1.82, 2.24) is 4.31 Å². The third-order valence-corrected chi connectivity index (χ3v) is 5.69. The van der Waals surface area contributed by atoms with E-state index in [9.17, 15) is 32.5 Å². The first kappa shape index (κ1) is 22.9. The van der Waals surface area contributed by atoms with Gasteiger partial charge in [0.1, 0.15) is 6.54 Å². The summed E-state index contributed by atoms with van der Waals surface area (Å²) < 4.78 is 43.7. The molecule has 0 unspecified atom stereocenters. The Morgan fingerprint density at radius 2 is 1.83 bits per heavy atom. The van der Waals surface area contributed by atoms with Gasteiger partial charge in [-0.15, -0.1) is 0 Å². The van der Waals surface area contributed by atoms with Crippen LogP contribution in [0.1, 0.15) is 5.56 Å². The van der Waals surface area contributed by atoms with Crippen LogP contribution < -0.4 is 5.32 Å². The molecule has 0 aliphatic rings. The molecule has 0 spiro atoms. The highest BCUT2D eigenvalue weighted by Gasteiger charge is 2.24. The van der Waals surface area contributed by atoms with Crippen molar-refractivity contribution in [2.45, 2.75) is 11.8 Å². The van der Waals surface area contributed by atoms with Crippen LogP contribution in [0.15, 0.2) is 47.4 Å². The van der Waals surface area contributed by atoms with Crippen LogP contribution in [0, 0.1) is 22.9 Å². The highest BCUT2D eigenvalue weighted by Crippen LogP contribution is 2.21. The molecule has 0 aromatic heterocycles. The fourth-order valence-electron chi connectivity index (χ4n) is 2.28. The van der Waals surface area contributed by atoms with Crippen molar-refractivity contribution >= 4 is 33.3 Å². The second-order valence-electron chi connectivity index (χ2n) is 6.21. The van der Waals surface area contributed by atoms with E-state index in [4.69, 9.17) is 4.74 Å². The van der Waals surface area contributed by atoms with Gasteiger partial charge >= 0.3 is 11.7 Å². The molecule has 2 aromatic carbocycles. The molecule has 0 radical (unpaired) electrons. The Morgan fingerprint density at radius 3 is 2.43 bits per heavy atom. The lowest BCUT2D eigenvalue weighted by atomic mass is 10.2. The number of carbonyl (C=O) groups excluding carboxylic acids is 2. The molecule has 0 fully saturated rings. The van der Waals surface area contributed by atoms with Crippen molar-refractivity contribution in [1.29, 1.82) is 0 Å². The SMILES string of the molecule is Cc1ccc(S(=O)(=O)N(C)CC(=O)OCC(=O)Nc2ccc(F)c([N+](=O)[O-])c2)cc1. The first-order valence-corrected chi connectivity index (χ1v) is 9.87. The van der Waals surface area contributed by atoms with Crippen LogP contribution in [-0.4, -0.2) is 49.7 Å². The lowest BCUT2D eigenvalue weighted by molar-refractivity contribution is -0.387. The number of nitrogens with one attached hydrogen (secondary N) is 1. The Kier molecular flexibility index (Phi) is 7.19. The van der Waals surface area contributed by atoms with Gasteiger partial charge in [-0.05, 0) is 31.2 Å². The van der Waals surface area contributed by atoms with Crippen molar-refractivity contribution < 1.29 is 32.1 Å². The monoisotopic (exact) mass is 439 g/mol. The number of anilines is 1. The van der Waals surface area contributed by atoms with E-state index in [1.807, 2.05) is 0 Å². The molecule has 30 heavy (non-hydrogen) atoms. The normalized spacial score (nSPS) is 11.2. The number of carbonyl (C=O) groups is 2. The molecule has 2 rings (SSSR count). The van der Waals surface area contributed by atoms with Gasteiger partial charge in [-0.1, -0.05) is 17.7 Å². The number of rotatable bonds is 8. The lowest BCUT2D eigenvalue weighted by Gasteiger charge is -2.16. The average molecular weight is 439 g/mol. The Bertz CT molecular complexity index is 1070. The van der Waals surface area contributed by atoms with Crippen LogP contribution in [0.4, 0.5) is 15.8 Å². The predicted octanol–water partition coefficient (Wildman–Crippen LogP) is 1.84. The van der Waals surface area contributed by atoms with Crippen LogP contribution in [0.3, 0.4) is 0 Å². The molecule has 2 aromatic rings. The molecule has 0 bridgehead atoms. The third-order valence-electron chi connectivity index (χ3n) is 3.87. The minimum atomic E-state index is -3.92. The van der Waals surface area contributed by atoms with E-state index in [-0.39, 0.29) is 10.6 Å². The lowest BCUT2D eigenvalue weighted by Crippen LogP contribution is -2.34. The fourth-order valence-corrected chi connectivity index (χ4v) is 3.39. The summed E-state index contributed by atoms with van der Waals surface area (Å²) >= 11 is 0. The minimum absolute atomic E-state index is 0.000882. The van der Waals surface area contributed by atoms with E-state index in [0.717, 1.165) is 28.1 Å². The summed E-state index contributed by atoms with van der Waals surface area (Å²) in [6.45, 7) is 0.403. The van der Waals surface area contributed by atoms with Gasteiger partial charge in [0.2, 0.25) is 15.8 Å². The van der Waals surface area contributed by atoms with Crippen molar-refractivity contribution in [3.63, 3.8) is 0 Å². The molecule has 160 valence electrons. The maximum Gasteiger partial charge on any atom is 0.321 e. The summed E-state index contributed by atoms with van der Waals surface area (Å²) in [6.07, 6.45) is 0. The van der Waals surface area contributed by atoms with E-state index in [2.05, 4.69) is 5.32 Å². The first-order chi connectivity index (χ1) is 14.0. The Balaban J connectivity index is 1.91. The predicted molar refractivity (Wildman–Crippen MR) is 104 cm³/mol. The molecular formula is C18H18FN3O7S. The number of benzene rings is 2. The number of likely N-dealkylation sites (N-methyl/N-ethyl adjacent to an activating group) is 1. The quantitative estimate of drug-likeness (QED) is 0.376. The van der Waals surface area contributed by atoms with E-state index in [0.29, 0.717) is 0 Å². The van der Waals surface area contributed by atoms with Gasteiger partial charge in [0, 0.05) is 18.8 Å². The largest absolute Gasteiger partial charge is 0.455 e. The number of aryl methyl sites for hydroxylation is 1. The summed E-state index contributed by atoms with van der Waals surface area (Å²) in [5.41, 5.74) is -0.0236. The molecule has 0 aliphatic heterocycles. The number of hydrogen-bond donors (Lipinski definition) is 1. The van der Waals surface area contributed by atoms with E-state index < -0.39 is 51.5 Å². The van der Waals surface area contributed by atoms with Crippen LogP contribution in [0.2, 0.25) is 0 Å². The number of amides is 1. The van der Waals surface area contributed by atoms with Crippen LogP contribution >= 0.6 is 0 Å². The maximum absolute atomic E-state index is 13.3. The molecule has 0 saturated heterocycles. The van der Waals surface area contributed by atoms with Crippen molar-refractivity contribution in [2.75, 3.05) is 25.5 Å². The molecule has 0 heterocycles. The molecular weight excluding hydrogens is 421 g/mol. The first-order valence-electron chi connectivity index (χ1n) is 8.43. The molecule has 0 atom stereocenters. The summed E-state index contributed by atoms with van der Waals surface area (Å²) in [7, 11) is -2.73. The fraction of sp³-hybridized carbons (Fsp3) is 0.222. The standard InChI is InChI=1S/C18H18FN3O7S/c1-12-3-6-14(7-4-12)30(27,28)21(2)10-18(24)29-11-17(23)20-13-5-8-15(19)16(9-13)22(25)26/h3-9H,10-11H2,1-2H3,(H,20,23). The smallest absolute Gasteiger partial charge is 0.321 e. The zero-order chi connectivity index (χ0) is 22.5.